The highest BCUT2D eigenvalue weighted by Gasteiger charge is 2.26. The van der Waals surface area contributed by atoms with Gasteiger partial charge in [0.15, 0.2) is 0 Å². The maximum Gasteiger partial charge on any atom is 0.274 e. The molecule has 20 heavy (non-hydrogen) atoms. The van der Waals surface area contributed by atoms with Gasteiger partial charge in [0.1, 0.15) is 0 Å². The Morgan fingerprint density at radius 3 is 2.35 bits per heavy atom. The molecule has 0 aliphatic carbocycles. The fourth-order valence-electron chi connectivity index (χ4n) is 1.82. The first-order valence-electron chi connectivity index (χ1n) is 5.78. The van der Waals surface area contributed by atoms with Crippen LogP contribution in [0.1, 0.15) is 24.2 Å². The second kappa shape index (κ2) is 5.30. The first-order chi connectivity index (χ1) is 9.29. The molecule has 1 aromatic carbocycles. The number of carbonyl (C=O) groups excluding carboxylic acids is 1. The summed E-state index contributed by atoms with van der Waals surface area (Å²) in [4.78, 5) is 12.0. The Morgan fingerprint density at radius 1 is 1.20 bits per heavy atom. The highest BCUT2D eigenvalue weighted by atomic mass is 35.5. The number of rotatable bonds is 2. The highest BCUT2D eigenvalue weighted by Crippen LogP contribution is 2.19. The number of sulfonamides is 1. The van der Waals surface area contributed by atoms with Crippen LogP contribution in [0, 0.1) is 0 Å². The van der Waals surface area contributed by atoms with Crippen LogP contribution in [0.4, 0.5) is 0 Å². The molecular weight excluding hydrogens is 300 g/mol. The molecular formula is C13H13ClN2O3S. The number of benzene rings is 1. The van der Waals surface area contributed by atoms with Gasteiger partial charge in [0.25, 0.3) is 15.9 Å². The zero-order chi connectivity index (χ0) is 14.9. The molecule has 0 spiro atoms. The van der Waals surface area contributed by atoms with Crippen molar-refractivity contribution in [2.24, 2.45) is 0 Å². The summed E-state index contributed by atoms with van der Waals surface area (Å²) in [6.07, 6.45) is 1.67. The van der Waals surface area contributed by atoms with Crippen LogP contribution in [0.5, 0.6) is 0 Å². The summed E-state index contributed by atoms with van der Waals surface area (Å²) in [7, 11) is -3.69. The summed E-state index contributed by atoms with van der Waals surface area (Å²) >= 11 is 5.74. The Balaban J connectivity index is 2.24. The second-order valence-electron chi connectivity index (χ2n) is 4.40. The van der Waals surface area contributed by atoms with E-state index in [0.29, 0.717) is 21.9 Å². The minimum atomic E-state index is -3.69. The Labute approximate surface area is 122 Å². The summed E-state index contributed by atoms with van der Waals surface area (Å²) in [5.41, 5.74) is 3.72. The van der Waals surface area contributed by atoms with Crippen molar-refractivity contribution in [1.82, 2.24) is 9.84 Å². The van der Waals surface area contributed by atoms with E-state index in [4.69, 9.17) is 11.6 Å². The number of nitrogens with one attached hydrogen (secondary N) is 1. The van der Waals surface area contributed by atoms with Gasteiger partial charge in [-0.15, -0.1) is 0 Å². The number of hydrazine groups is 1. The number of halogens is 1. The second-order valence-corrected chi connectivity index (χ2v) is 6.47. The monoisotopic (exact) mass is 312 g/mol. The molecule has 106 valence electrons. The van der Waals surface area contributed by atoms with Gasteiger partial charge in [-0.1, -0.05) is 11.6 Å². The molecule has 0 atom stereocenters. The SMILES string of the molecule is CC1=CS(=O)(=O)N(NC(=O)c2ccc(Cl)cc2)C(C)=C1. The third-order valence-corrected chi connectivity index (χ3v) is 4.47. The van der Waals surface area contributed by atoms with E-state index in [0.717, 1.165) is 9.82 Å². The van der Waals surface area contributed by atoms with Crippen LogP contribution in [0.15, 0.2) is 47.0 Å². The normalized spacial score (nSPS) is 17.2. The fraction of sp³-hybridized carbons (Fsp3) is 0.154. The molecule has 1 aliphatic heterocycles. The molecule has 1 aliphatic rings. The number of amides is 1. The Bertz CT molecular complexity index is 706. The number of nitrogens with zero attached hydrogens (tertiary/aromatic N) is 1. The first kappa shape index (κ1) is 14.6. The Morgan fingerprint density at radius 2 is 1.80 bits per heavy atom. The summed E-state index contributed by atoms with van der Waals surface area (Å²) in [5.74, 6) is -0.522. The van der Waals surface area contributed by atoms with Crippen LogP contribution in [0.25, 0.3) is 0 Å². The van der Waals surface area contributed by atoms with Crippen molar-refractivity contribution >= 4 is 27.5 Å². The third-order valence-electron chi connectivity index (χ3n) is 2.66. The van der Waals surface area contributed by atoms with E-state index in [1.165, 1.54) is 12.1 Å². The van der Waals surface area contributed by atoms with Crippen LogP contribution in [0.2, 0.25) is 5.02 Å². The van der Waals surface area contributed by atoms with Gasteiger partial charge in [0, 0.05) is 16.3 Å². The average molecular weight is 313 g/mol. The lowest BCUT2D eigenvalue weighted by molar-refractivity contribution is 0.0897. The van der Waals surface area contributed by atoms with Crippen molar-refractivity contribution in [2.45, 2.75) is 13.8 Å². The highest BCUT2D eigenvalue weighted by molar-refractivity contribution is 7.92. The molecule has 0 unspecified atom stereocenters. The standard InChI is InChI=1S/C13H13ClN2O3S/c1-9-7-10(2)16(20(18,19)8-9)15-13(17)11-3-5-12(14)6-4-11/h3-8H,1-2H3,(H,15,17). The van der Waals surface area contributed by atoms with Gasteiger partial charge in [-0.05, 0) is 49.8 Å². The molecule has 0 bridgehead atoms. The largest absolute Gasteiger partial charge is 0.274 e. The summed E-state index contributed by atoms with van der Waals surface area (Å²) in [5, 5.41) is 1.60. The summed E-state index contributed by atoms with van der Waals surface area (Å²) in [6.45, 7) is 3.29. The van der Waals surface area contributed by atoms with E-state index in [9.17, 15) is 13.2 Å². The maximum absolute atomic E-state index is 12.0. The summed E-state index contributed by atoms with van der Waals surface area (Å²) < 4.78 is 24.9. The third kappa shape index (κ3) is 3.02. The molecule has 7 heteroatoms. The van der Waals surface area contributed by atoms with Gasteiger partial charge in [0.2, 0.25) is 0 Å². The molecule has 0 saturated carbocycles. The molecule has 2 rings (SSSR count). The number of hydrogen-bond donors (Lipinski definition) is 1. The summed E-state index contributed by atoms with van der Waals surface area (Å²) in [6, 6.07) is 6.17. The average Bonchev–Trinajstić information content (AvgIpc) is 2.33. The fourth-order valence-corrected chi connectivity index (χ4v) is 3.25. The van der Waals surface area contributed by atoms with Crippen LogP contribution < -0.4 is 5.43 Å². The van der Waals surface area contributed by atoms with Crippen molar-refractivity contribution in [3.8, 4) is 0 Å². The molecule has 1 N–H and O–H groups in total. The van der Waals surface area contributed by atoms with Crippen LogP contribution in [-0.4, -0.2) is 18.7 Å². The molecule has 0 fully saturated rings. The maximum atomic E-state index is 12.0. The van der Waals surface area contributed by atoms with Crippen LogP contribution >= 0.6 is 11.6 Å². The van der Waals surface area contributed by atoms with Crippen LogP contribution in [0.3, 0.4) is 0 Å². The minimum absolute atomic E-state index is 0.323. The zero-order valence-corrected chi connectivity index (χ0v) is 12.5. The smallest absolute Gasteiger partial charge is 0.267 e. The van der Waals surface area contributed by atoms with Gasteiger partial charge in [-0.3, -0.25) is 4.79 Å². The van der Waals surface area contributed by atoms with Crippen molar-refractivity contribution in [1.29, 1.82) is 0 Å². The van der Waals surface area contributed by atoms with Gasteiger partial charge in [-0.25, -0.2) is 5.43 Å². The Hall–Kier alpha value is -1.79. The topological polar surface area (TPSA) is 66.5 Å². The van der Waals surface area contributed by atoms with Crippen molar-refractivity contribution < 1.29 is 13.2 Å². The lowest BCUT2D eigenvalue weighted by Gasteiger charge is -2.26. The zero-order valence-electron chi connectivity index (χ0n) is 10.9. The predicted octanol–water partition coefficient (Wildman–Crippen LogP) is 2.44. The van der Waals surface area contributed by atoms with Crippen molar-refractivity contribution in [2.75, 3.05) is 0 Å². The molecule has 0 saturated heterocycles. The van der Waals surface area contributed by atoms with E-state index in [1.807, 2.05) is 0 Å². The minimum Gasteiger partial charge on any atom is -0.267 e. The van der Waals surface area contributed by atoms with Crippen molar-refractivity contribution in [3.63, 3.8) is 0 Å². The molecule has 0 aromatic heterocycles. The van der Waals surface area contributed by atoms with E-state index >= 15 is 0 Å². The number of carbonyl (C=O) groups is 1. The number of hydrogen-bond acceptors (Lipinski definition) is 3. The molecule has 1 heterocycles. The van der Waals surface area contributed by atoms with E-state index in [2.05, 4.69) is 5.43 Å². The molecule has 5 nitrogen and oxygen atoms in total. The lowest BCUT2D eigenvalue weighted by atomic mass is 10.2. The van der Waals surface area contributed by atoms with Gasteiger partial charge in [-0.2, -0.15) is 12.8 Å². The van der Waals surface area contributed by atoms with Crippen molar-refractivity contribution in [3.05, 3.63) is 57.6 Å². The first-order valence-corrected chi connectivity index (χ1v) is 7.66. The van der Waals surface area contributed by atoms with Crippen LogP contribution in [-0.2, 0) is 10.0 Å². The predicted molar refractivity (Wildman–Crippen MR) is 77.2 cm³/mol. The molecule has 1 amide bonds. The lowest BCUT2D eigenvalue weighted by Crippen LogP contribution is -2.45. The molecule has 0 radical (unpaired) electrons. The number of allylic oxidation sites excluding steroid dienone is 3. The molecule has 1 aromatic rings. The van der Waals surface area contributed by atoms with E-state index in [-0.39, 0.29) is 0 Å². The van der Waals surface area contributed by atoms with E-state index < -0.39 is 15.9 Å². The quantitative estimate of drug-likeness (QED) is 0.912. The van der Waals surface area contributed by atoms with Gasteiger partial charge < -0.3 is 0 Å². The Kier molecular flexibility index (Phi) is 3.87. The van der Waals surface area contributed by atoms with E-state index in [1.54, 1.807) is 32.1 Å². The van der Waals surface area contributed by atoms with Gasteiger partial charge in [0.05, 0.1) is 5.41 Å². The van der Waals surface area contributed by atoms with Gasteiger partial charge >= 0.3 is 0 Å².